The molecule has 1 aliphatic carbocycles. The quantitative estimate of drug-likeness (QED) is 0.824. The highest BCUT2D eigenvalue weighted by Crippen LogP contribution is 2.27. The molecule has 0 aliphatic heterocycles. The predicted octanol–water partition coefficient (Wildman–Crippen LogP) is 3.58. The summed E-state index contributed by atoms with van der Waals surface area (Å²) in [6, 6.07) is 8.17. The topological polar surface area (TPSA) is 21.3 Å². The monoisotopic (exact) mass is 267 g/mol. The van der Waals surface area contributed by atoms with Crippen LogP contribution in [0.5, 0.6) is 5.75 Å². The van der Waals surface area contributed by atoms with Gasteiger partial charge in [-0.1, -0.05) is 24.6 Å². The summed E-state index contributed by atoms with van der Waals surface area (Å²) >= 11 is 6.21. The Balaban J connectivity index is 1.77. The molecule has 18 heavy (non-hydrogen) atoms. The molecule has 0 amide bonds. The molecule has 100 valence electrons. The van der Waals surface area contributed by atoms with E-state index in [1.807, 2.05) is 12.1 Å². The molecule has 1 N–H and O–H groups in total. The summed E-state index contributed by atoms with van der Waals surface area (Å²) < 4.78 is 5.34. The second-order valence-corrected chi connectivity index (χ2v) is 5.69. The summed E-state index contributed by atoms with van der Waals surface area (Å²) in [5.74, 6) is 1.69. The minimum Gasteiger partial charge on any atom is -0.496 e. The molecule has 0 bridgehead atoms. The Morgan fingerprint density at radius 1 is 1.33 bits per heavy atom. The maximum atomic E-state index is 6.21. The zero-order chi connectivity index (χ0) is 12.8. The summed E-state index contributed by atoms with van der Waals surface area (Å²) in [5, 5.41) is 3.91. The highest BCUT2D eigenvalue weighted by Gasteiger charge is 2.19. The smallest absolute Gasteiger partial charge is 0.123 e. The molecular weight excluding hydrogens is 246 g/mol. The molecule has 2 unspecified atom stereocenters. The fourth-order valence-corrected chi connectivity index (χ4v) is 3.08. The standard InChI is InChI=1S/C15H22ClNO/c1-18-15-8-3-2-6-13(15)11-17-10-12-5-4-7-14(16)9-12/h2-3,6,8,12,14,17H,4-5,7,9-11H2,1H3. The van der Waals surface area contributed by atoms with Crippen LogP contribution in [0.4, 0.5) is 0 Å². The number of nitrogens with one attached hydrogen (secondary N) is 1. The predicted molar refractivity (Wildman–Crippen MR) is 76.3 cm³/mol. The third-order valence-electron chi connectivity index (χ3n) is 3.66. The van der Waals surface area contributed by atoms with Gasteiger partial charge < -0.3 is 10.1 Å². The Kier molecular flexibility index (Phi) is 5.33. The van der Waals surface area contributed by atoms with Gasteiger partial charge in [-0.3, -0.25) is 0 Å². The van der Waals surface area contributed by atoms with E-state index in [9.17, 15) is 0 Å². The van der Waals surface area contributed by atoms with Gasteiger partial charge in [0.15, 0.2) is 0 Å². The van der Waals surface area contributed by atoms with Gasteiger partial charge in [0.2, 0.25) is 0 Å². The van der Waals surface area contributed by atoms with Crippen LogP contribution < -0.4 is 10.1 Å². The Bertz CT molecular complexity index is 369. The fraction of sp³-hybridized carbons (Fsp3) is 0.600. The van der Waals surface area contributed by atoms with Crippen molar-refractivity contribution in [2.45, 2.75) is 37.6 Å². The average Bonchev–Trinajstić information content (AvgIpc) is 2.39. The lowest BCUT2D eigenvalue weighted by Gasteiger charge is -2.25. The van der Waals surface area contributed by atoms with Crippen molar-refractivity contribution >= 4 is 11.6 Å². The zero-order valence-electron chi connectivity index (χ0n) is 11.0. The molecule has 1 fully saturated rings. The van der Waals surface area contributed by atoms with E-state index in [2.05, 4.69) is 17.4 Å². The molecule has 1 saturated carbocycles. The zero-order valence-corrected chi connectivity index (χ0v) is 11.7. The first-order valence-electron chi connectivity index (χ1n) is 6.76. The van der Waals surface area contributed by atoms with Crippen LogP contribution in [0.1, 0.15) is 31.2 Å². The minimum absolute atomic E-state index is 0.386. The molecular formula is C15H22ClNO. The van der Waals surface area contributed by atoms with E-state index in [1.165, 1.54) is 24.8 Å². The van der Waals surface area contributed by atoms with Gasteiger partial charge in [0.05, 0.1) is 7.11 Å². The molecule has 1 aliphatic rings. The van der Waals surface area contributed by atoms with Crippen LogP contribution >= 0.6 is 11.6 Å². The lowest BCUT2D eigenvalue weighted by atomic mass is 9.89. The number of alkyl halides is 1. The van der Waals surface area contributed by atoms with Gasteiger partial charge in [0, 0.05) is 17.5 Å². The van der Waals surface area contributed by atoms with Crippen LogP contribution in [0.3, 0.4) is 0 Å². The first kappa shape index (κ1) is 13.7. The Labute approximate surface area is 115 Å². The highest BCUT2D eigenvalue weighted by molar-refractivity contribution is 6.20. The van der Waals surface area contributed by atoms with E-state index < -0.39 is 0 Å². The van der Waals surface area contributed by atoms with Crippen molar-refractivity contribution < 1.29 is 4.74 Å². The Morgan fingerprint density at radius 3 is 2.94 bits per heavy atom. The number of para-hydroxylation sites is 1. The molecule has 0 spiro atoms. The highest BCUT2D eigenvalue weighted by atomic mass is 35.5. The minimum atomic E-state index is 0.386. The van der Waals surface area contributed by atoms with Crippen LogP contribution in [0.2, 0.25) is 0 Å². The Hall–Kier alpha value is -0.730. The van der Waals surface area contributed by atoms with Crippen molar-refractivity contribution in [1.29, 1.82) is 0 Å². The van der Waals surface area contributed by atoms with Gasteiger partial charge in [-0.25, -0.2) is 0 Å². The number of benzene rings is 1. The third-order valence-corrected chi connectivity index (χ3v) is 4.06. The van der Waals surface area contributed by atoms with E-state index in [-0.39, 0.29) is 0 Å². The van der Waals surface area contributed by atoms with E-state index >= 15 is 0 Å². The number of rotatable bonds is 5. The molecule has 2 nitrogen and oxygen atoms in total. The second-order valence-electron chi connectivity index (χ2n) is 5.07. The maximum absolute atomic E-state index is 6.21. The molecule has 0 radical (unpaired) electrons. The van der Waals surface area contributed by atoms with Crippen molar-refractivity contribution in [2.24, 2.45) is 5.92 Å². The van der Waals surface area contributed by atoms with Crippen molar-refractivity contribution in [3.05, 3.63) is 29.8 Å². The maximum Gasteiger partial charge on any atom is 0.123 e. The molecule has 2 atom stereocenters. The summed E-state index contributed by atoms with van der Waals surface area (Å²) in [6.45, 7) is 1.93. The van der Waals surface area contributed by atoms with E-state index in [0.29, 0.717) is 5.38 Å². The van der Waals surface area contributed by atoms with Crippen molar-refractivity contribution in [2.75, 3.05) is 13.7 Å². The molecule has 0 aromatic heterocycles. The SMILES string of the molecule is COc1ccccc1CNCC1CCCC(Cl)C1. The van der Waals surface area contributed by atoms with Crippen LogP contribution in [0, 0.1) is 5.92 Å². The Morgan fingerprint density at radius 2 is 2.17 bits per heavy atom. The van der Waals surface area contributed by atoms with Gasteiger partial charge in [-0.05, 0) is 37.8 Å². The number of hydrogen-bond acceptors (Lipinski definition) is 2. The summed E-state index contributed by atoms with van der Waals surface area (Å²) in [6.07, 6.45) is 4.92. The average molecular weight is 268 g/mol. The number of hydrogen-bond donors (Lipinski definition) is 1. The molecule has 0 saturated heterocycles. The van der Waals surface area contributed by atoms with Crippen molar-refractivity contribution in [3.63, 3.8) is 0 Å². The first-order chi connectivity index (χ1) is 8.79. The van der Waals surface area contributed by atoms with Crippen LogP contribution in [0.25, 0.3) is 0 Å². The normalized spacial score (nSPS) is 23.9. The van der Waals surface area contributed by atoms with Crippen LogP contribution in [0.15, 0.2) is 24.3 Å². The molecule has 3 heteroatoms. The van der Waals surface area contributed by atoms with Crippen molar-refractivity contribution in [1.82, 2.24) is 5.32 Å². The molecule has 1 aromatic rings. The van der Waals surface area contributed by atoms with Gasteiger partial charge in [0.25, 0.3) is 0 Å². The van der Waals surface area contributed by atoms with Crippen LogP contribution in [-0.2, 0) is 6.54 Å². The lowest BCUT2D eigenvalue weighted by Crippen LogP contribution is -2.27. The largest absolute Gasteiger partial charge is 0.496 e. The van der Waals surface area contributed by atoms with Crippen molar-refractivity contribution in [3.8, 4) is 5.75 Å². The second kappa shape index (κ2) is 7.01. The summed E-state index contributed by atoms with van der Waals surface area (Å²) in [5.41, 5.74) is 1.22. The molecule has 2 rings (SSSR count). The lowest BCUT2D eigenvalue weighted by molar-refractivity contribution is 0.344. The first-order valence-corrected chi connectivity index (χ1v) is 7.20. The molecule has 1 aromatic carbocycles. The number of halogens is 1. The fourth-order valence-electron chi connectivity index (χ4n) is 2.67. The number of ether oxygens (including phenoxy) is 1. The van der Waals surface area contributed by atoms with E-state index in [0.717, 1.165) is 31.2 Å². The third kappa shape index (κ3) is 3.89. The van der Waals surface area contributed by atoms with Gasteiger partial charge in [0.1, 0.15) is 5.75 Å². The van der Waals surface area contributed by atoms with E-state index in [4.69, 9.17) is 16.3 Å². The van der Waals surface area contributed by atoms with Crippen LogP contribution in [-0.4, -0.2) is 19.0 Å². The van der Waals surface area contributed by atoms with E-state index in [1.54, 1.807) is 7.11 Å². The molecule has 0 heterocycles. The summed E-state index contributed by atoms with van der Waals surface area (Å²) in [4.78, 5) is 0. The number of methoxy groups -OCH3 is 1. The van der Waals surface area contributed by atoms with Gasteiger partial charge in [-0.2, -0.15) is 0 Å². The van der Waals surface area contributed by atoms with Gasteiger partial charge >= 0.3 is 0 Å². The summed E-state index contributed by atoms with van der Waals surface area (Å²) in [7, 11) is 1.72. The van der Waals surface area contributed by atoms with Gasteiger partial charge in [-0.15, -0.1) is 11.6 Å².